The minimum Gasteiger partial charge on any atom is -0.374 e. The van der Waals surface area contributed by atoms with Gasteiger partial charge in [-0.3, -0.25) is 4.90 Å². The van der Waals surface area contributed by atoms with Crippen molar-refractivity contribution in [1.29, 1.82) is 0 Å². The molecular formula is C12H29NO4P+. The first-order valence-electron chi connectivity index (χ1n) is 6.63. The lowest BCUT2D eigenvalue weighted by atomic mass is 10.4. The van der Waals surface area contributed by atoms with Crippen molar-refractivity contribution in [2.24, 2.45) is 0 Å². The lowest BCUT2D eigenvalue weighted by Crippen LogP contribution is -2.39. The maximum Gasteiger partial charge on any atom is 0.413 e. The van der Waals surface area contributed by atoms with Gasteiger partial charge < -0.3 is 5.11 Å². The van der Waals surface area contributed by atoms with Crippen LogP contribution in [0, 0.1) is 0 Å². The van der Waals surface area contributed by atoms with Crippen molar-refractivity contribution in [3.63, 3.8) is 0 Å². The quantitative estimate of drug-likeness (QED) is 0.502. The highest BCUT2D eigenvalue weighted by Crippen LogP contribution is 2.59. The molecule has 0 aliphatic heterocycles. The van der Waals surface area contributed by atoms with E-state index in [1.165, 1.54) is 0 Å². The first-order valence-corrected chi connectivity index (χ1v) is 8.40. The Labute approximate surface area is 112 Å². The predicted octanol–water partition coefficient (Wildman–Crippen LogP) is 2.25. The average molecular weight is 282 g/mol. The molecule has 0 bridgehead atoms. The van der Waals surface area contributed by atoms with E-state index in [9.17, 15) is 10.00 Å². The molecule has 1 unspecified atom stereocenters. The summed E-state index contributed by atoms with van der Waals surface area (Å²) >= 11 is 0. The third-order valence-electron chi connectivity index (χ3n) is 2.38. The van der Waals surface area contributed by atoms with Gasteiger partial charge in [-0.05, 0) is 40.8 Å². The van der Waals surface area contributed by atoms with Crippen LogP contribution in [0.3, 0.4) is 0 Å². The van der Waals surface area contributed by atoms with Crippen LogP contribution in [0.15, 0.2) is 0 Å². The van der Waals surface area contributed by atoms with Gasteiger partial charge in [0.25, 0.3) is 0 Å². The van der Waals surface area contributed by atoms with E-state index in [-0.39, 0.29) is 18.4 Å². The van der Waals surface area contributed by atoms with Crippen LogP contribution in [0.1, 0.15) is 41.5 Å². The molecule has 0 aliphatic rings. The van der Waals surface area contributed by atoms with Crippen LogP contribution < -0.4 is 0 Å². The Morgan fingerprint density at radius 3 is 1.67 bits per heavy atom. The number of rotatable bonds is 9. The first kappa shape index (κ1) is 18.2. The van der Waals surface area contributed by atoms with Crippen molar-refractivity contribution in [2.75, 3.05) is 19.3 Å². The van der Waals surface area contributed by atoms with Gasteiger partial charge in [0.1, 0.15) is 18.4 Å². The van der Waals surface area contributed by atoms with Crippen molar-refractivity contribution in [3.8, 4) is 0 Å². The summed E-state index contributed by atoms with van der Waals surface area (Å²) in [5.74, 6) is 0. The molecular weight excluding hydrogens is 253 g/mol. The Morgan fingerprint density at radius 1 is 1.00 bits per heavy atom. The fourth-order valence-corrected chi connectivity index (χ4v) is 3.92. The van der Waals surface area contributed by atoms with Gasteiger partial charge in [-0.2, -0.15) is 13.9 Å². The molecule has 0 rings (SSSR count). The fraction of sp³-hybridized carbons (Fsp3) is 1.00. The highest BCUT2D eigenvalue weighted by Gasteiger charge is 2.46. The van der Waals surface area contributed by atoms with Gasteiger partial charge in [-0.15, -0.1) is 0 Å². The van der Waals surface area contributed by atoms with Crippen molar-refractivity contribution in [1.82, 2.24) is 4.90 Å². The Hall–Kier alpha value is 0.230. The van der Waals surface area contributed by atoms with Crippen molar-refractivity contribution in [2.45, 2.75) is 60.0 Å². The molecule has 5 nitrogen and oxygen atoms in total. The Balaban J connectivity index is 4.66. The smallest absolute Gasteiger partial charge is 0.374 e. The van der Waals surface area contributed by atoms with Crippen molar-refractivity contribution < 1.29 is 19.0 Å². The molecule has 0 aliphatic carbocycles. The molecule has 0 heterocycles. The van der Waals surface area contributed by atoms with Crippen LogP contribution in [0.4, 0.5) is 0 Å². The number of hydrogen-bond acceptors (Lipinski definition) is 5. The minimum atomic E-state index is -3.01. The van der Waals surface area contributed by atoms with E-state index in [4.69, 9.17) is 9.05 Å². The summed E-state index contributed by atoms with van der Waals surface area (Å²) in [4.78, 5) is 12.3. The SMILES string of the molecule is CCN(CC)C(O)C[P+](O)(OC(C)C)OC(C)C. The van der Waals surface area contributed by atoms with Crippen LogP contribution in [0.25, 0.3) is 0 Å². The van der Waals surface area contributed by atoms with Gasteiger partial charge in [-0.25, -0.2) is 0 Å². The van der Waals surface area contributed by atoms with E-state index in [2.05, 4.69) is 0 Å². The molecule has 0 aromatic carbocycles. The number of aliphatic hydroxyl groups is 1. The molecule has 0 aromatic heterocycles. The van der Waals surface area contributed by atoms with Crippen LogP contribution in [-0.2, 0) is 9.05 Å². The fourth-order valence-electron chi connectivity index (χ4n) is 1.74. The molecule has 0 aromatic rings. The van der Waals surface area contributed by atoms with E-state index in [0.717, 1.165) is 13.1 Å². The summed E-state index contributed by atoms with van der Waals surface area (Å²) in [6, 6.07) is 0. The highest BCUT2D eigenvalue weighted by molar-refractivity contribution is 7.60. The minimum absolute atomic E-state index is 0.116. The van der Waals surface area contributed by atoms with Crippen molar-refractivity contribution >= 4 is 7.94 Å². The molecule has 6 heteroatoms. The van der Waals surface area contributed by atoms with Crippen LogP contribution in [-0.4, -0.2) is 52.6 Å². The lowest BCUT2D eigenvalue weighted by molar-refractivity contribution is 0.0166. The molecule has 0 radical (unpaired) electrons. The Bertz CT molecular complexity index is 212. The molecule has 110 valence electrons. The maximum atomic E-state index is 10.4. The Kier molecular flexibility index (Phi) is 8.52. The predicted molar refractivity (Wildman–Crippen MR) is 75.4 cm³/mol. The summed E-state index contributed by atoms with van der Waals surface area (Å²) in [5, 5.41) is 10.1. The molecule has 0 saturated heterocycles. The van der Waals surface area contributed by atoms with Crippen LogP contribution >= 0.6 is 7.94 Å². The summed E-state index contributed by atoms with van der Waals surface area (Å²) in [6.07, 6.45) is -0.891. The molecule has 0 fully saturated rings. The van der Waals surface area contributed by atoms with Gasteiger partial charge >= 0.3 is 7.94 Å². The first-order chi connectivity index (χ1) is 8.24. The molecule has 18 heavy (non-hydrogen) atoms. The van der Waals surface area contributed by atoms with Crippen LogP contribution in [0.2, 0.25) is 0 Å². The van der Waals surface area contributed by atoms with Gasteiger partial charge in [0, 0.05) is 0 Å². The van der Waals surface area contributed by atoms with Gasteiger partial charge in [0.2, 0.25) is 0 Å². The second kappa shape index (κ2) is 8.41. The molecule has 0 amide bonds. The normalized spacial score (nSPS) is 14.8. The summed E-state index contributed by atoms with van der Waals surface area (Å²) in [5.41, 5.74) is 0. The average Bonchev–Trinajstić information content (AvgIpc) is 2.15. The summed E-state index contributed by atoms with van der Waals surface area (Å²) < 4.78 is 11.0. The van der Waals surface area contributed by atoms with Gasteiger partial charge in [-0.1, -0.05) is 13.8 Å². The maximum absolute atomic E-state index is 10.4. The van der Waals surface area contributed by atoms with Crippen molar-refractivity contribution in [3.05, 3.63) is 0 Å². The summed E-state index contributed by atoms with van der Waals surface area (Å²) in [7, 11) is -3.01. The molecule has 2 N–H and O–H groups in total. The third-order valence-corrected chi connectivity index (χ3v) is 4.67. The second-order valence-corrected chi connectivity index (χ2v) is 6.89. The molecule has 1 atom stereocenters. The summed E-state index contributed by atoms with van der Waals surface area (Å²) in [6.45, 7) is 12.8. The van der Waals surface area contributed by atoms with E-state index in [1.54, 1.807) is 0 Å². The van der Waals surface area contributed by atoms with Gasteiger partial charge in [0.05, 0.1) is 0 Å². The molecule has 0 saturated carbocycles. The standard InChI is InChI=1S/C12H29NO4P/c1-7-13(8-2)12(14)9-18(15,16-10(3)4)17-11(5)6/h10-12,14-15H,7-9H2,1-6H3/q+1. The molecule has 0 spiro atoms. The zero-order valence-electron chi connectivity index (χ0n) is 12.5. The number of hydrogen-bond donors (Lipinski definition) is 2. The lowest BCUT2D eigenvalue weighted by Gasteiger charge is -2.28. The zero-order chi connectivity index (χ0) is 14.3. The highest BCUT2D eigenvalue weighted by atomic mass is 31.2. The second-order valence-electron chi connectivity index (χ2n) is 4.83. The van der Waals surface area contributed by atoms with E-state index >= 15 is 0 Å². The number of aliphatic hydroxyl groups excluding tert-OH is 1. The van der Waals surface area contributed by atoms with E-state index in [1.807, 2.05) is 46.4 Å². The monoisotopic (exact) mass is 282 g/mol. The Morgan fingerprint density at radius 2 is 1.39 bits per heavy atom. The van der Waals surface area contributed by atoms with Crippen LogP contribution in [0.5, 0.6) is 0 Å². The van der Waals surface area contributed by atoms with Gasteiger partial charge in [0.15, 0.2) is 6.16 Å². The zero-order valence-corrected chi connectivity index (χ0v) is 13.4. The number of nitrogens with zero attached hydrogens (tertiary/aromatic N) is 1. The largest absolute Gasteiger partial charge is 0.413 e. The van der Waals surface area contributed by atoms with E-state index < -0.39 is 14.2 Å². The third kappa shape index (κ3) is 6.98. The van der Waals surface area contributed by atoms with E-state index in [0.29, 0.717) is 0 Å². The topological polar surface area (TPSA) is 62.2 Å².